The third kappa shape index (κ3) is 3.79. The summed E-state index contributed by atoms with van der Waals surface area (Å²) in [5, 5.41) is 22.3. The van der Waals surface area contributed by atoms with Crippen LogP contribution in [0.25, 0.3) is 0 Å². The monoisotopic (exact) mass is 361 g/mol. The van der Waals surface area contributed by atoms with Gasteiger partial charge in [-0.2, -0.15) is 0 Å². The molecule has 0 radical (unpaired) electrons. The minimum absolute atomic E-state index is 0.0202. The lowest BCUT2D eigenvalue weighted by Crippen LogP contribution is -2.31. The minimum Gasteiger partial charge on any atom is -0.478 e. The van der Waals surface area contributed by atoms with Gasteiger partial charge in [0.1, 0.15) is 0 Å². The number of hydrogen-bond acceptors (Lipinski definition) is 5. The average molecular weight is 361 g/mol. The number of benzene rings is 1. The Morgan fingerprint density at radius 2 is 1.54 bits per heavy atom. The maximum atomic E-state index is 11.9. The zero-order valence-electron chi connectivity index (χ0n) is 15.2. The molecule has 0 spiro atoms. The van der Waals surface area contributed by atoms with E-state index >= 15 is 0 Å². The topological polar surface area (TPSA) is 105 Å². The van der Waals surface area contributed by atoms with E-state index < -0.39 is 24.1 Å². The molecule has 140 valence electrons. The predicted octanol–water partition coefficient (Wildman–Crippen LogP) is 2.25. The lowest BCUT2D eigenvalue weighted by atomic mass is 9.78. The van der Waals surface area contributed by atoms with Crippen LogP contribution in [0.2, 0.25) is 0 Å². The van der Waals surface area contributed by atoms with E-state index in [9.17, 15) is 19.8 Å². The van der Waals surface area contributed by atoms with Crippen molar-refractivity contribution >= 4 is 11.9 Å². The second kappa shape index (κ2) is 8.16. The molecule has 0 saturated heterocycles. The maximum absolute atomic E-state index is 11.9. The molecule has 7 heteroatoms. The summed E-state index contributed by atoms with van der Waals surface area (Å²) in [6, 6.07) is 7.15. The van der Waals surface area contributed by atoms with Crippen molar-refractivity contribution in [3.63, 3.8) is 0 Å². The van der Waals surface area contributed by atoms with Gasteiger partial charge in [-0.3, -0.25) is 0 Å². The van der Waals surface area contributed by atoms with Crippen molar-refractivity contribution in [1.29, 1.82) is 0 Å². The third-order valence-corrected chi connectivity index (χ3v) is 4.50. The molecule has 0 unspecified atom stereocenters. The molecule has 0 aromatic heterocycles. The summed E-state index contributed by atoms with van der Waals surface area (Å²) in [5.41, 5.74) is 2.27. The van der Waals surface area contributed by atoms with Crippen LogP contribution in [-0.4, -0.2) is 42.7 Å². The molecule has 1 aromatic carbocycles. The number of carboxylic acid groups (broad SMARTS) is 2. The lowest BCUT2D eigenvalue weighted by Gasteiger charge is -2.30. The molecule has 0 saturated carbocycles. The molecule has 0 fully saturated rings. The number of nitrogens with one attached hydrogen (secondary N) is 1. The summed E-state index contributed by atoms with van der Waals surface area (Å²) >= 11 is 0. The molecule has 1 aliphatic heterocycles. The normalized spacial score (nSPS) is 15.4. The molecular weight excluding hydrogens is 338 g/mol. The quantitative estimate of drug-likeness (QED) is 0.640. The molecule has 7 nitrogen and oxygen atoms in total. The zero-order valence-corrected chi connectivity index (χ0v) is 15.2. The van der Waals surface area contributed by atoms with Crippen molar-refractivity contribution < 1.29 is 29.3 Å². The number of rotatable bonds is 7. The van der Waals surface area contributed by atoms with Crippen LogP contribution >= 0.6 is 0 Å². The van der Waals surface area contributed by atoms with E-state index in [0.717, 1.165) is 5.56 Å². The molecular formula is C19H23NO6. The van der Waals surface area contributed by atoms with Crippen LogP contribution in [0, 0.1) is 0 Å². The molecule has 26 heavy (non-hydrogen) atoms. The van der Waals surface area contributed by atoms with Crippen LogP contribution in [-0.2, 0) is 25.5 Å². The average Bonchev–Trinajstić information content (AvgIpc) is 2.58. The summed E-state index contributed by atoms with van der Waals surface area (Å²) < 4.78 is 10.5. The number of carbonyl (C=O) groups is 2. The Morgan fingerprint density at radius 3 is 2.00 bits per heavy atom. The van der Waals surface area contributed by atoms with Gasteiger partial charge < -0.3 is 25.0 Å². The lowest BCUT2D eigenvalue weighted by molar-refractivity contribution is -0.133. The van der Waals surface area contributed by atoms with Crippen LogP contribution in [0.3, 0.4) is 0 Å². The van der Waals surface area contributed by atoms with Crippen molar-refractivity contribution in [3.05, 3.63) is 57.9 Å². The Labute approximate surface area is 151 Å². The van der Waals surface area contributed by atoms with E-state index in [1.807, 2.05) is 12.1 Å². The highest BCUT2D eigenvalue weighted by atomic mass is 16.7. The largest absolute Gasteiger partial charge is 0.478 e. The van der Waals surface area contributed by atoms with Gasteiger partial charge in [-0.25, -0.2) is 9.59 Å². The summed E-state index contributed by atoms with van der Waals surface area (Å²) in [5.74, 6) is -3.20. The van der Waals surface area contributed by atoms with Gasteiger partial charge in [0.05, 0.1) is 17.1 Å². The molecule has 0 atom stereocenters. The number of carboxylic acids is 2. The van der Waals surface area contributed by atoms with Gasteiger partial charge in [0.2, 0.25) is 0 Å². The first-order valence-corrected chi connectivity index (χ1v) is 8.10. The number of allylic oxidation sites excluding steroid dienone is 2. The molecule has 2 rings (SSSR count). The first-order chi connectivity index (χ1) is 12.3. The summed E-state index contributed by atoms with van der Waals surface area (Å²) in [7, 11) is 3.03. The molecule has 0 amide bonds. The van der Waals surface area contributed by atoms with E-state index in [4.69, 9.17) is 9.47 Å². The molecule has 0 aliphatic carbocycles. The number of dihydropyridines is 1. The van der Waals surface area contributed by atoms with Gasteiger partial charge in [-0.1, -0.05) is 24.3 Å². The standard InChI is InChI=1S/C19H23NO6/c1-10-15(18(21)22)17(16(19(23)24)11(2)20-10)13-8-6-5-7-12(13)9-14(25-3)26-4/h5-8,14,17,20H,9H2,1-4H3,(H,21,22)(H,23,24). The molecule has 0 bridgehead atoms. The maximum Gasteiger partial charge on any atom is 0.334 e. The number of aliphatic carboxylic acids is 2. The Kier molecular flexibility index (Phi) is 6.18. The van der Waals surface area contributed by atoms with Gasteiger partial charge in [0.15, 0.2) is 6.29 Å². The highest BCUT2D eigenvalue weighted by Crippen LogP contribution is 2.39. The van der Waals surface area contributed by atoms with E-state index in [1.54, 1.807) is 26.0 Å². The van der Waals surface area contributed by atoms with Gasteiger partial charge in [-0.15, -0.1) is 0 Å². The van der Waals surface area contributed by atoms with Crippen molar-refractivity contribution in [1.82, 2.24) is 5.32 Å². The first kappa shape index (κ1) is 19.7. The van der Waals surface area contributed by atoms with Gasteiger partial charge in [0.25, 0.3) is 0 Å². The molecule has 1 aliphatic rings. The third-order valence-electron chi connectivity index (χ3n) is 4.50. The summed E-state index contributed by atoms with van der Waals surface area (Å²) in [4.78, 5) is 23.8. The van der Waals surface area contributed by atoms with Crippen LogP contribution in [0.5, 0.6) is 0 Å². The molecule has 1 aromatic rings. The van der Waals surface area contributed by atoms with E-state index in [1.165, 1.54) is 14.2 Å². The van der Waals surface area contributed by atoms with Crippen LogP contribution < -0.4 is 5.32 Å². The number of ether oxygens (including phenoxy) is 2. The van der Waals surface area contributed by atoms with Crippen molar-refractivity contribution in [2.75, 3.05) is 14.2 Å². The van der Waals surface area contributed by atoms with Gasteiger partial charge >= 0.3 is 11.9 Å². The summed E-state index contributed by atoms with van der Waals surface area (Å²) in [6.45, 7) is 3.27. The van der Waals surface area contributed by atoms with Gasteiger partial charge in [-0.05, 0) is 25.0 Å². The zero-order chi connectivity index (χ0) is 19.4. The highest BCUT2D eigenvalue weighted by Gasteiger charge is 2.37. The Bertz CT molecular complexity index is 740. The number of methoxy groups -OCH3 is 2. The van der Waals surface area contributed by atoms with Crippen molar-refractivity contribution in [2.24, 2.45) is 0 Å². The predicted molar refractivity (Wildman–Crippen MR) is 94.5 cm³/mol. The van der Waals surface area contributed by atoms with E-state index in [-0.39, 0.29) is 11.1 Å². The smallest absolute Gasteiger partial charge is 0.334 e. The fourth-order valence-corrected chi connectivity index (χ4v) is 3.32. The summed E-state index contributed by atoms with van der Waals surface area (Å²) in [6.07, 6.45) is -0.153. The minimum atomic E-state index is -1.16. The fraction of sp³-hybridized carbons (Fsp3) is 0.368. The second-order valence-corrected chi connectivity index (χ2v) is 6.05. The number of hydrogen-bond donors (Lipinski definition) is 3. The highest BCUT2D eigenvalue weighted by molar-refractivity contribution is 5.98. The van der Waals surface area contributed by atoms with Crippen LogP contribution in [0.15, 0.2) is 46.8 Å². The molecule has 3 N–H and O–H groups in total. The first-order valence-electron chi connectivity index (χ1n) is 8.10. The fourth-order valence-electron chi connectivity index (χ4n) is 3.32. The second-order valence-electron chi connectivity index (χ2n) is 6.05. The SMILES string of the molecule is COC(Cc1ccccc1C1C(C(=O)O)=C(C)NC(C)=C1C(=O)O)OC. The van der Waals surface area contributed by atoms with E-state index in [0.29, 0.717) is 23.4 Å². The Balaban J connectivity index is 2.66. The van der Waals surface area contributed by atoms with Crippen molar-refractivity contribution in [2.45, 2.75) is 32.5 Å². The van der Waals surface area contributed by atoms with Gasteiger partial charge in [0, 0.05) is 32.0 Å². The van der Waals surface area contributed by atoms with Crippen molar-refractivity contribution in [3.8, 4) is 0 Å². The van der Waals surface area contributed by atoms with Crippen LogP contribution in [0.4, 0.5) is 0 Å². The Morgan fingerprint density at radius 1 is 1.04 bits per heavy atom. The van der Waals surface area contributed by atoms with Crippen LogP contribution in [0.1, 0.15) is 30.9 Å². The van der Waals surface area contributed by atoms with E-state index in [2.05, 4.69) is 5.32 Å². The Hall–Kier alpha value is -2.64. The molecule has 1 heterocycles.